The molecule has 0 aromatic rings. The highest BCUT2D eigenvalue weighted by molar-refractivity contribution is 5.56. The van der Waals surface area contributed by atoms with Crippen LogP contribution in [0.4, 0.5) is 0 Å². The van der Waals surface area contributed by atoms with Crippen LogP contribution < -0.4 is 0 Å². The van der Waals surface area contributed by atoms with E-state index in [1.807, 2.05) is 0 Å². The van der Waals surface area contributed by atoms with Crippen LogP contribution >= 0.6 is 0 Å². The standard InChI is InChI=1S/C36H62O31/c37-1-8(39)15(41)16(42)9(40)3-58-32-28(54)23(49)18(44)11(64-32)5-60-34-30(56)25(51)20(46)13(66-34)7-62-36-31(57)26(52)21(47)14(67-36)6-61-35-29(55)24(50)19(45)12(65-35)4-59-33-27(53)22(48)17(43)10(2-38)63-33/h1,8-36,38-57H,2-7H2/t8-,9+,10+,11+,12+,13+,14+,15+,16+,17+,18+,19+,20+,21+,22-,23-,24-,25-,26-,27+,28+,29+,30+,31+,32-,33-,34-,35-,36-/m0/s1. The summed E-state index contributed by atoms with van der Waals surface area (Å²) < 4.78 is 54.3. The molecule has 31 nitrogen and oxygen atoms in total. The van der Waals surface area contributed by atoms with E-state index in [1.54, 1.807) is 0 Å². The van der Waals surface area contributed by atoms with E-state index in [0.29, 0.717) is 0 Å². The van der Waals surface area contributed by atoms with E-state index < -0.39 is 218 Å². The Labute approximate surface area is 378 Å². The third-order valence-electron chi connectivity index (χ3n) is 11.9. The molecule has 0 amide bonds. The van der Waals surface area contributed by atoms with Crippen molar-refractivity contribution in [3.8, 4) is 0 Å². The second-order valence-electron chi connectivity index (χ2n) is 16.6. The molecule has 5 aliphatic rings. The van der Waals surface area contributed by atoms with Crippen molar-refractivity contribution in [3.63, 3.8) is 0 Å². The highest BCUT2D eigenvalue weighted by Gasteiger charge is 2.52. The van der Waals surface area contributed by atoms with Gasteiger partial charge in [0.2, 0.25) is 0 Å². The van der Waals surface area contributed by atoms with Gasteiger partial charge >= 0.3 is 0 Å². The van der Waals surface area contributed by atoms with Gasteiger partial charge in [-0.15, -0.1) is 0 Å². The molecule has 0 unspecified atom stereocenters. The molecule has 67 heavy (non-hydrogen) atoms. The normalized spacial score (nSPS) is 48.3. The van der Waals surface area contributed by atoms with Crippen molar-refractivity contribution in [2.75, 3.05) is 39.6 Å². The van der Waals surface area contributed by atoms with Crippen molar-refractivity contribution in [2.45, 2.75) is 178 Å². The first-order valence-corrected chi connectivity index (χ1v) is 20.9. The Morgan fingerprint density at radius 1 is 0.358 bits per heavy atom. The largest absolute Gasteiger partial charge is 0.394 e. The molecule has 20 N–H and O–H groups in total. The van der Waals surface area contributed by atoms with Gasteiger partial charge < -0.3 is 154 Å². The fourth-order valence-corrected chi connectivity index (χ4v) is 7.53. The van der Waals surface area contributed by atoms with Gasteiger partial charge in [-0.1, -0.05) is 0 Å². The van der Waals surface area contributed by atoms with Gasteiger partial charge in [0.25, 0.3) is 0 Å². The molecule has 29 atom stereocenters. The number of aliphatic hydroxyl groups is 20. The van der Waals surface area contributed by atoms with E-state index in [4.69, 9.17) is 47.4 Å². The van der Waals surface area contributed by atoms with Crippen LogP contribution in [0.1, 0.15) is 0 Å². The smallest absolute Gasteiger partial charge is 0.186 e. The summed E-state index contributed by atoms with van der Waals surface area (Å²) >= 11 is 0. The summed E-state index contributed by atoms with van der Waals surface area (Å²) in [5.74, 6) is 0. The highest BCUT2D eigenvalue weighted by Crippen LogP contribution is 2.31. The van der Waals surface area contributed by atoms with E-state index in [2.05, 4.69) is 0 Å². The number of hydrogen-bond donors (Lipinski definition) is 20. The van der Waals surface area contributed by atoms with Gasteiger partial charge in [0, 0.05) is 0 Å². The maximum Gasteiger partial charge on any atom is 0.186 e. The molecular weight excluding hydrogens is 928 g/mol. The van der Waals surface area contributed by atoms with Crippen LogP contribution in [0.3, 0.4) is 0 Å². The maximum atomic E-state index is 10.7. The fraction of sp³-hybridized carbons (Fsp3) is 0.972. The number of ether oxygens (including phenoxy) is 10. The Hall–Kier alpha value is -1.53. The Morgan fingerprint density at radius 3 is 0.881 bits per heavy atom. The van der Waals surface area contributed by atoms with Crippen LogP contribution in [-0.4, -0.2) is 326 Å². The molecule has 0 saturated carbocycles. The topological polar surface area (TPSA) is 514 Å². The zero-order valence-electron chi connectivity index (χ0n) is 35.0. The van der Waals surface area contributed by atoms with Gasteiger partial charge in [0.05, 0.1) is 39.6 Å². The van der Waals surface area contributed by atoms with Crippen molar-refractivity contribution in [1.82, 2.24) is 0 Å². The number of rotatable bonds is 20. The molecule has 31 heteroatoms. The van der Waals surface area contributed by atoms with E-state index in [9.17, 15) is 107 Å². The lowest BCUT2D eigenvalue weighted by Crippen LogP contribution is -2.63. The van der Waals surface area contributed by atoms with Crippen molar-refractivity contribution in [3.05, 3.63) is 0 Å². The van der Waals surface area contributed by atoms with Gasteiger partial charge in [-0.2, -0.15) is 0 Å². The first-order chi connectivity index (χ1) is 31.5. The molecule has 5 aliphatic heterocycles. The summed E-state index contributed by atoms with van der Waals surface area (Å²) in [7, 11) is 0. The SMILES string of the molecule is O=C[C@H](O)[C@@H](O)[C@H](O)[C@H](O)CO[C@H]1O[C@H](CO[C@H]2O[C@H](CO[C@H]3O[C@H](CO[C@H]4O[C@H](CO[C@H]5O[C@H](CO)[C@@H](O)[C@H](O)[C@H]5O)[C@@H](O)[C@H](O)[C@H]4O)[C@@H](O)[C@H](O)[C@H]3O)[C@@H](O)[C@H](O)[C@H]2O)[C@@H](O)[C@H](O)[C@H]1O. The summed E-state index contributed by atoms with van der Waals surface area (Å²) in [4.78, 5) is 10.7. The first-order valence-electron chi connectivity index (χ1n) is 20.9. The van der Waals surface area contributed by atoms with E-state index >= 15 is 0 Å². The molecule has 5 rings (SSSR count). The van der Waals surface area contributed by atoms with Gasteiger partial charge in [-0.25, -0.2) is 0 Å². The van der Waals surface area contributed by atoms with Crippen LogP contribution in [0.25, 0.3) is 0 Å². The molecule has 392 valence electrons. The molecule has 5 saturated heterocycles. The lowest BCUT2D eigenvalue weighted by Gasteiger charge is -2.44. The minimum atomic E-state index is -2.14. The average molecular weight is 991 g/mol. The molecule has 0 spiro atoms. The predicted molar refractivity (Wildman–Crippen MR) is 200 cm³/mol. The van der Waals surface area contributed by atoms with Crippen molar-refractivity contribution >= 4 is 6.29 Å². The van der Waals surface area contributed by atoms with Gasteiger partial charge in [-0.3, -0.25) is 0 Å². The summed E-state index contributed by atoms with van der Waals surface area (Å²) in [6.07, 6.45) is -54.2. The van der Waals surface area contributed by atoms with Gasteiger partial charge in [0.15, 0.2) is 37.7 Å². The summed E-state index contributed by atoms with van der Waals surface area (Å²) in [5.41, 5.74) is 0. The van der Waals surface area contributed by atoms with Crippen LogP contribution in [-0.2, 0) is 52.2 Å². The zero-order valence-corrected chi connectivity index (χ0v) is 35.0. The Bertz CT molecular complexity index is 1490. The molecule has 0 radical (unpaired) electrons. The third kappa shape index (κ3) is 12.9. The maximum absolute atomic E-state index is 10.7. The summed E-state index contributed by atoms with van der Waals surface area (Å²) in [6, 6.07) is 0. The lowest BCUT2D eigenvalue weighted by molar-refractivity contribution is -0.351. The molecule has 0 bridgehead atoms. The second kappa shape index (κ2) is 24.7. The Balaban J connectivity index is 1.14. The van der Waals surface area contributed by atoms with Crippen molar-refractivity contribution in [2.24, 2.45) is 0 Å². The minimum absolute atomic E-state index is 0.108. The average Bonchev–Trinajstić information content (AvgIpc) is 3.32. The Morgan fingerprint density at radius 2 is 0.612 bits per heavy atom. The van der Waals surface area contributed by atoms with Gasteiger partial charge in [0.1, 0.15) is 146 Å². The minimum Gasteiger partial charge on any atom is -0.394 e. The molecule has 5 fully saturated rings. The van der Waals surface area contributed by atoms with Gasteiger partial charge in [-0.05, 0) is 0 Å². The molecule has 0 aliphatic carbocycles. The number of aldehydes is 1. The molecule has 0 aromatic heterocycles. The second-order valence-corrected chi connectivity index (χ2v) is 16.6. The van der Waals surface area contributed by atoms with E-state index in [1.165, 1.54) is 0 Å². The number of aliphatic hydroxyl groups excluding tert-OH is 20. The zero-order chi connectivity index (χ0) is 49.8. The van der Waals surface area contributed by atoms with Crippen LogP contribution in [0.2, 0.25) is 0 Å². The fourth-order valence-electron chi connectivity index (χ4n) is 7.53. The summed E-state index contributed by atoms with van der Waals surface area (Å²) in [6.45, 7) is -4.82. The highest BCUT2D eigenvalue weighted by atomic mass is 16.8. The van der Waals surface area contributed by atoms with E-state index in [-0.39, 0.29) is 6.29 Å². The van der Waals surface area contributed by atoms with Crippen LogP contribution in [0, 0.1) is 0 Å². The number of hydrogen-bond acceptors (Lipinski definition) is 31. The first kappa shape index (κ1) is 56.4. The van der Waals surface area contributed by atoms with Crippen LogP contribution in [0.5, 0.6) is 0 Å². The van der Waals surface area contributed by atoms with E-state index in [0.717, 1.165) is 0 Å². The van der Waals surface area contributed by atoms with Crippen molar-refractivity contribution < 1.29 is 154 Å². The molecular formula is C36H62O31. The molecule has 5 heterocycles. The number of carbonyl (C=O) groups excluding carboxylic acids is 1. The summed E-state index contributed by atoms with van der Waals surface area (Å²) in [5, 5.41) is 206. The van der Waals surface area contributed by atoms with Crippen LogP contribution in [0.15, 0.2) is 0 Å². The third-order valence-corrected chi connectivity index (χ3v) is 11.9. The quantitative estimate of drug-likeness (QED) is 0.0504. The molecule has 0 aromatic carbocycles. The lowest BCUT2D eigenvalue weighted by atomic mass is 9.97. The Kier molecular flexibility index (Phi) is 20.8. The monoisotopic (exact) mass is 990 g/mol. The predicted octanol–water partition coefficient (Wildman–Crippen LogP) is -14.3. The van der Waals surface area contributed by atoms with Crippen molar-refractivity contribution in [1.29, 1.82) is 0 Å². The number of carbonyl (C=O) groups is 1.